The van der Waals surface area contributed by atoms with Gasteiger partial charge in [-0.1, -0.05) is 48.0 Å². The van der Waals surface area contributed by atoms with Crippen LogP contribution in [-0.2, 0) is 11.3 Å². The fourth-order valence-electron chi connectivity index (χ4n) is 2.66. The van der Waals surface area contributed by atoms with Crippen molar-refractivity contribution in [1.29, 1.82) is 0 Å². The Kier molecular flexibility index (Phi) is 4.47. The number of hydrogen-bond donors (Lipinski definition) is 0. The zero-order chi connectivity index (χ0) is 17.1. The second-order valence-corrected chi connectivity index (χ2v) is 5.85. The number of aromatic nitrogens is 2. The Labute approximate surface area is 141 Å². The number of carbonyl (C=O) groups excluding carboxylic acids is 1. The van der Waals surface area contributed by atoms with Crippen molar-refractivity contribution in [3.63, 3.8) is 0 Å². The fraction of sp³-hybridized carbons (Fsp3) is 0.200. The molecule has 0 aliphatic rings. The number of rotatable bonds is 4. The molecule has 1 heterocycles. The van der Waals surface area contributed by atoms with Crippen molar-refractivity contribution in [1.82, 2.24) is 9.78 Å². The molecular formula is C20H20N2O2. The van der Waals surface area contributed by atoms with Crippen LogP contribution in [0.25, 0.3) is 5.69 Å². The summed E-state index contributed by atoms with van der Waals surface area (Å²) < 4.78 is 7.25. The van der Waals surface area contributed by atoms with Gasteiger partial charge in [-0.15, -0.1) is 0 Å². The first-order chi connectivity index (χ1) is 11.6. The normalized spacial score (nSPS) is 10.6. The predicted molar refractivity (Wildman–Crippen MR) is 93.3 cm³/mol. The zero-order valence-electron chi connectivity index (χ0n) is 14.1. The van der Waals surface area contributed by atoms with E-state index in [0.29, 0.717) is 11.3 Å². The van der Waals surface area contributed by atoms with E-state index >= 15 is 0 Å². The van der Waals surface area contributed by atoms with Gasteiger partial charge in [0.25, 0.3) is 0 Å². The van der Waals surface area contributed by atoms with E-state index in [4.69, 9.17) is 4.74 Å². The van der Waals surface area contributed by atoms with E-state index in [9.17, 15) is 4.79 Å². The lowest BCUT2D eigenvalue weighted by Gasteiger charge is -2.07. The molecule has 0 saturated heterocycles. The van der Waals surface area contributed by atoms with E-state index in [-0.39, 0.29) is 12.6 Å². The molecule has 0 unspecified atom stereocenters. The van der Waals surface area contributed by atoms with E-state index in [2.05, 4.69) is 5.10 Å². The number of benzene rings is 2. The summed E-state index contributed by atoms with van der Waals surface area (Å²) in [5.41, 5.74) is 5.07. The molecular weight excluding hydrogens is 300 g/mol. The Bertz CT molecular complexity index is 849. The van der Waals surface area contributed by atoms with E-state index < -0.39 is 0 Å². The van der Waals surface area contributed by atoms with Crippen LogP contribution in [0.4, 0.5) is 0 Å². The van der Waals surface area contributed by atoms with Crippen molar-refractivity contribution < 1.29 is 9.53 Å². The molecule has 2 aromatic carbocycles. The van der Waals surface area contributed by atoms with Crippen molar-refractivity contribution in [2.45, 2.75) is 27.4 Å². The number of ether oxygens (including phenoxy) is 1. The summed E-state index contributed by atoms with van der Waals surface area (Å²) in [5.74, 6) is -0.340. The number of nitrogens with zero attached hydrogens (tertiary/aromatic N) is 2. The summed E-state index contributed by atoms with van der Waals surface area (Å²) in [6.07, 6.45) is 0. The smallest absolute Gasteiger partial charge is 0.342 e. The fourth-order valence-corrected chi connectivity index (χ4v) is 2.66. The lowest BCUT2D eigenvalue weighted by Crippen LogP contribution is -2.08. The molecule has 0 N–H and O–H groups in total. The van der Waals surface area contributed by atoms with Crippen LogP contribution < -0.4 is 0 Å². The predicted octanol–water partition coefficient (Wildman–Crippen LogP) is 4.15. The average Bonchev–Trinajstić information content (AvgIpc) is 2.89. The van der Waals surface area contributed by atoms with Crippen molar-refractivity contribution in [2.24, 2.45) is 0 Å². The number of aryl methyl sites for hydroxylation is 2. The van der Waals surface area contributed by atoms with Gasteiger partial charge in [-0.25, -0.2) is 9.48 Å². The van der Waals surface area contributed by atoms with Gasteiger partial charge < -0.3 is 4.74 Å². The minimum atomic E-state index is -0.340. The number of carbonyl (C=O) groups is 1. The first-order valence-corrected chi connectivity index (χ1v) is 7.90. The minimum Gasteiger partial charge on any atom is -0.457 e. The van der Waals surface area contributed by atoms with Crippen LogP contribution in [-0.4, -0.2) is 15.7 Å². The third kappa shape index (κ3) is 3.23. The van der Waals surface area contributed by atoms with Gasteiger partial charge in [-0.05, 0) is 38.5 Å². The molecule has 0 aliphatic heterocycles. The molecule has 4 nitrogen and oxygen atoms in total. The van der Waals surface area contributed by atoms with Gasteiger partial charge >= 0.3 is 5.97 Å². The Hall–Kier alpha value is -2.88. The summed E-state index contributed by atoms with van der Waals surface area (Å²) in [4.78, 5) is 12.5. The highest BCUT2D eigenvalue weighted by molar-refractivity contribution is 5.92. The first kappa shape index (κ1) is 16.0. The van der Waals surface area contributed by atoms with Crippen LogP contribution in [0.1, 0.15) is 32.9 Å². The van der Waals surface area contributed by atoms with Gasteiger partial charge in [0, 0.05) is 0 Å². The van der Waals surface area contributed by atoms with Crippen LogP contribution in [0.5, 0.6) is 0 Å². The van der Waals surface area contributed by atoms with Gasteiger partial charge in [-0.3, -0.25) is 0 Å². The third-order valence-electron chi connectivity index (χ3n) is 3.99. The first-order valence-electron chi connectivity index (χ1n) is 7.90. The lowest BCUT2D eigenvalue weighted by atomic mass is 10.1. The van der Waals surface area contributed by atoms with Crippen molar-refractivity contribution >= 4 is 5.97 Å². The highest BCUT2D eigenvalue weighted by Gasteiger charge is 2.20. The van der Waals surface area contributed by atoms with Crippen molar-refractivity contribution in [2.75, 3.05) is 0 Å². The highest BCUT2D eigenvalue weighted by Crippen LogP contribution is 2.19. The Morgan fingerprint density at radius 1 is 1.00 bits per heavy atom. The van der Waals surface area contributed by atoms with E-state index in [0.717, 1.165) is 16.9 Å². The topological polar surface area (TPSA) is 44.1 Å². The lowest BCUT2D eigenvalue weighted by molar-refractivity contribution is 0.0471. The Morgan fingerprint density at radius 3 is 2.33 bits per heavy atom. The van der Waals surface area contributed by atoms with E-state index in [1.807, 2.05) is 75.4 Å². The summed E-state index contributed by atoms with van der Waals surface area (Å²) in [7, 11) is 0. The van der Waals surface area contributed by atoms with Crippen molar-refractivity contribution in [3.05, 3.63) is 82.7 Å². The monoisotopic (exact) mass is 320 g/mol. The molecule has 1 aromatic heterocycles. The second kappa shape index (κ2) is 6.71. The molecule has 0 saturated carbocycles. The molecule has 3 aromatic rings. The van der Waals surface area contributed by atoms with Gasteiger partial charge in [0.05, 0.1) is 17.1 Å². The van der Waals surface area contributed by atoms with Crippen LogP contribution in [0.2, 0.25) is 0 Å². The maximum absolute atomic E-state index is 12.5. The van der Waals surface area contributed by atoms with Crippen LogP contribution in [0.3, 0.4) is 0 Å². The van der Waals surface area contributed by atoms with Gasteiger partial charge in [-0.2, -0.15) is 5.10 Å². The molecule has 0 spiro atoms. The molecule has 3 rings (SSSR count). The molecule has 122 valence electrons. The van der Waals surface area contributed by atoms with E-state index in [1.165, 1.54) is 5.56 Å². The number of esters is 1. The Morgan fingerprint density at radius 2 is 1.67 bits per heavy atom. The molecule has 0 atom stereocenters. The number of para-hydroxylation sites is 1. The zero-order valence-corrected chi connectivity index (χ0v) is 14.1. The summed E-state index contributed by atoms with van der Waals surface area (Å²) in [6.45, 7) is 6.00. The molecule has 4 heteroatoms. The number of hydrogen-bond acceptors (Lipinski definition) is 3. The largest absolute Gasteiger partial charge is 0.457 e. The SMILES string of the molecule is Cc1ccc(COC(=O)c2c(C)nn(-c3ccccc3)c2C)cc1. The van der Waals surface area contributed by atoms with Crippen molar-refractivity contribution in [3.8, 4) is 5.69 Å². The maximum atomic E-state index is 12.5. The molecule has 0 radical (unpaired) electrons. The quantitative estimate of drug-likeness (QED) is 0.678. The Balaban J connectivity index is 1.80. The minimum absolute atomic E-state index is 0.258. The third-order valence-corrected chi connectivity index (χ3v) is 3.99. The van der Waals surface area contributed by atoms with Crippen LogP contribution in [0, 0.1) is 20.8 Å². The summed E-state index contributed by atoms with van der Waals surface area (Å²) >= 11 is 0. The highest BCUT2D eigenvalue weighted by atomic mass is 16.5. The van der Waals surface area contributed by atoms with Gasteiger partial charge in [0.1, 0.15) is 12.2 Å². The molecule has 0 bridgehead atoms. The summed E-state index contributed by atoms with van der Waals surface area (Å²) in [5, 5.41) is 4.48. The molecule has 0 aliphatic carbocycles. The molecule has 0 amide bonds. The van der Waals surface area contributed by atoms with Gasteiger partial charge in [0.2, 0.25) is 0 Å². The molecule has 24 heavy (non-hydrogen) atoms. The van der Waals surface area contributed by atoms with Crippen LogP contribution in [0.15, 0.2) is 54.6 Å². The van der Waals surface area contributed by atoms with Gasteiger partial charge in [0.15, 0.2) is 0 Å². The second-order valence-electron chi connectivity index (χ2n) is 5.85. The average molecular weight is 320 g/mol. The van der Waals surface area contributed by atoms with Crippen LogP contribution >= 0.6 is 0 Å². The summed E-state index contributed by atoms with van der Waals surface area (Å²) in [6, 6.07) is 17.7. The molecule has 0 fully saturated rings. The van der Waals surface area contributed by atoms with E-state index in [1.54, 1.807) is 4.68 Å². The standard InChI is InChI=1S/C20H20N2O2/c1-14-9-11-17(12-10-14)13-24-20(23)19-15(2)21-22(16(19)3)18-7-5-4-6-8-18/h4-12H,13H2,1-3H3. The maximum Gasteiger partial charge on any atom is 0.342 e.